The van der Waals surface area contributed by atoms with Gasteiger partial charge in [-0.3, -0.25) is 0 Å². The second-order valence-corrected chi connectivity index (χ2v) is 4.12. The summed E-state index contributed by atoms with van der Waals surface area (Å²) in [6, 6.07) is 1.42. The smallest absolute Gasteiger partial charge is 0.337 e. The van der Waals surface area contributed by atoms with Gasteiger partial charge in [0, 0.05) is 18.8 Å². The molecule has 1 rings (SSSR count). The Morgan fingerprint density at radius 3 is 2.94 bits per heavy atom. The highest BCUT2D eigenvalue weighted by molar-refractivity contribution is 6.35. The van der Waals surface area contributed by atoms with Gasteiger partial charge in [0.2, 0.25) is 0 Å². The van der Waals surface area contributed by atoms with Crippen molar-refractivity contribution in [2.75, 3.05) is 11.9 Å². The van der Waals surface area contributed by atoms with Crippen LogP contribution in [0.3, 0.4) is 0 Å². The Hall–Kier alpha value is -1.33. The van der Waals surface area contributed by atoms with Gasteiger partial charge in [-0.15, -0.1) is 0 Å². The third kappa shape index (κ3) is 3.87. The number of carbonyl (C=O) groups is 1. The monoisotopic (exact) mass is 258 g/mol. The van der Waals surface area contributed by atoms with Crippen LogP contribution in [-0.2, 0) is 0 Å². The second kappa shape index (κ2) is 6.42. The molecule has 0 bridgehead atoms. The molecule has 1 aromatic rings. The molecular formula is C11H15ClN2O3. The van der Waals surface area contributed by atoms with Gasteiger partial charge in [-0.05, 0) is 25.8 Å². The van der Waals surface area contributed by atoms with Crippen molar-refractivity contribution in [1.29, 1.82) is 0 Å². The van der Waals surface area contributed by atoms with Gasteiger partial charge in [-0.2, -0.15) is 0 Å². The van der Waals surface area contributed by atoms with E-state index in [0.717, 1.165) is 6.42 Å². The van der Waals surface area contributed by atoms with Crippen molar-refractivity contribution in [3.8, 4) is 0 Å². The Labute approximate surface area is 104 Å². The quantitative estimate of drug-likeness (QED) is 0.727. The Kier molecular flexibility index (Phi) is 5.18. The van der Waals surface area contributed by atoms with Crippen LogP contribution in [0.5, 0.6) is 0 Å². The van der Waals surface area contributed by atoms with E-state index < -0.39 is 5.97 Å². The zero-order chi connectivity index (χ0) is 12.8. The maximum Gasteiger partial charge on any atom is 0.337 e. The molecule has 0 spiro atoms. The van der Waals surface area contributed by atoms with E-state index in [4.69, 9.17) is 21.8 Å². The van der Waals surface area contributed by atoms with Crippen LogP contribution in [0.2, 0.25) is 5.02 Å². The summed E-state index contributed by atoms with van der Waals surface area (Å²) < 4.78 is 0. The van der Waals surface area contributed by atoms with Crippen LogP contribution in [0.1, 0.15) is 30.1 Å². The van der Waals surface area contributed by atoms with Crippen molar-refractivity contribution in [2.24, 2.45) is 0 Å². The molecule has 0 aliphatic heterocycles. The number of nitrogens with zero attached hydrogens (tertiary/aromatic N) is 1. The summed E-state index contributed by atoms with van der Waals surface area (Å²) in [6.07, 6.45) is 2.83. The first-order valence-electron chi connectivity index (χ1n) is 5.31. The van der Waals surface area contributed by atoms with E-state index in [1.165, 1.54) is 12.3 Å². The predicted octanol–water partition coefficient (Wildman–Crippen LogP) is 2.01. The molecule has 94 valence electrons. The van der Waals surface area contributed by atoms with E-state index in [2.05, 4.69) is 10.3 Å². The molecule has 1 aromatic heterocycles. The van der Waals surface area contributed by atoms with Crippen LogP contribution in [0.15, 0.2) is 12.3 Å². The van der Waals surface area contributed by atoms with Gasteiger partial charge in [0.15, 0.2) is 0 Å². The van der Waals surface area contributed by atoms with Crippen LogP contribution >= 0.6 is 11.6 Å². The van der Waals surface area contributed by atoms with Crippen LogP contribution in [0.25, 0.3) is 0 Å². The first kappa shape index (κ1) is 13.7. The Morgan fingerprint density at radius 1 is 1.65 bits per heavy atom. The molecule has 1 heterocycles. The maximum absolute atomic E-state index is 10.9. The highest BCUT2D eigenvalue weighted by Gasteiger charge is 2.14. The van der Waals surface area contributed by atoms with Gasteiger partial charge in [-0.1, -0.05) is 11.6 Å². The fourth-order valence-corrected chi connectivity index (χ4v) is 1.66. The first-order valence-corrected chi connectivity index (χ1v) is 5.69. The van der Waals surface area contributed by atoms with Gasteiger partial charge in [-0.25, -0.2) is 9.78 Å². The van der Waals surface area contributed by atoms with Gasteiger partial charge in [0.05, 0.1) is 10.6 Å². The van der Waals surface area contributed by atoms with E-state index in [1.54, 1.807) is 0 Å². The minimum Gasteiger partial charge on any atom is -0.478 e. The molecule has 0 saturated heterocycles. The lowest BCUT2D eigenvalue weighted by atomic mass is 10.2. The highest BCUT2D eigenvalue weighted by Crippen LogP contribution is 2.24. The van der Waals surface area contributed by atoms with Crippen molar-refractivity contribution in [3.05, 3.63) is 22.8 Å². The number of aliphatic hydroxyl groups excluding tert-OH is 1. The van der Waals surface area contributed by atoms with Crippen LogP contribution in [-0.4, -0.2) is 33.8 Å². The second-order valence-electron chi connectivity index (χ2n) is 3.74. The summed E-state index contributed by atoms with van der Waals surface area (Å²) in [4.78, 5) is 14.9. The SMILES string of the molecule is CC(CCCO)Nc1nccc(C(=O)O)c1Cl. The molecule has 3 N–H and O–H groups in total. The highest BCUT2D eigenvalue weighted by atomic mass is 35.5. The fourth-order valence-electron chi connectivity index (χ4n) is 1.41. The van der Waals surface area contributed by atoms with Crippen molar-refractivity contribution in [2.45, 2.75) is 25.8 Å². The molecule has 6 heteroatoms. The molecule has 0 aromatic carbocycles. The molecule has 0 aliphatic rings. The van der Waals surface area contributed by atoms with Gasteiger partial charge >= 0.3 is 5.97 Å². The number of hydrogen-bond donors (Lipinski definition) is 3. The standard InChI is InChI=1S/C11H15ClN2O3/c1-7(3-2-6-15)14-10-9(12)8(11(16)17)4-5-13-10/h4-5,7,15H,2-3,6H2,1H3,(H,13,14)(H,16,17). The van der Waals surface area contributed by atoms with Crippen molar-refractivity contribution < 1.29 is 15.0 Å². The van der Waals surface area contributed by atoms with Crippen molar-refractivity contribution in [1.82, 2.24) is 4.98 Å². The number of nitrogens with one attached hydrogen (secondary N) is 1. The first-order chi connectivity index (χ1) is 8.06. The minimum atomic E-state index is -1.08. The van der Waals surface area contributed by atoms with Crippen molar-refractivity contribution >= 4 is 23.4 Å². The summed E-state index contributed by atoms with van der Waals surface area (Å²) in [5.74, 6) is -0.722. The van der Waals surface area contributed by atoms with E-state index in [-0.39, 0.29) is 23.2 Å². The zero-order valence-corrected chi connectivity index (χ0v) is 10.2. The molecule has 0 fully saturated rings. The van der Waals surface area contributed by atoms with Crippen LogP contribution < -0.4 is 5.32 Å². The summed E-state index contributed by atoms with van der Waals surface area (Å²) in [5, 5.41) is 20.7. The minimum absolute atomic E-state index is 0.0264. The molecule has 1 atom stereocenters. The summed E-state index contributed by atoms with van der Waals surface area (Å²) in [7, 11) is 0. The number of rotatable bonds is 6. The number of hydrogen-bond acceptors (Lipinski definition) is 4. The molecule has 5 nitrogen and oxygen atoms in total. The fraction of sp³-hybridized carbons (Fsp3) is 0.455. The number of aromatic nitrogens is 1. The third-order valence-electron chi connectivity index (χ3n) is 2.30. The van der Waals surface area contributed by atoms with E-state index in [0.29, 0.717) is 12.2 Å². The summed E-state index contributed by atoms with van der Waals surface area (Å²) >= 11 is 5.93. The van der Waals surface area contributed by atoms with Crippen LogP contribution in [0.4, 0.5) is 5.82 Å². The molecule has 1 unspecified atom stereocenters. The van der Waals surface area contributed by atoms with Gasteiger partial charge < -0.3 is 15.5 Å². The van der Waals surface area contributed by atoms with Gasteiger partial charge in [0.1, 0.15) is 5.82 Å². The number of aromatic carboxylic acids is 1. The van der Waals surface area contributed by atoms with E-state index in [1.807, 2.05) is 6.92 Å². The topological polar surface area (TPSA) is 82.5 Å². The zero-order valence-electron chi connectivity index (χ0n) is 9.48. The Morgan fingerprint density at radius 2 is 2.35 bits per heavy atom. The van der Waals surface area contributed by atoms with Crippen molar-refractivity contribution in [3.63, 3.8) is 0 Å². The molecule has 0 radical (unpaired) electrons. The normalized spacial score (nSPS) is 12.2. The predicted molar refractivity (Wildman–Crippen MR) is 65.6 cm³/mol. The largest absolute Gasteiger partial charge is 0.478 e. The molecule has 0 amide bonds. The molecule has 0 aliphatic carbocycles. The summed E-state index contributed by atoms with van der Waals surface area (Å²) in [6.45, 7) is 2.05. The third-order valence-corrected chi connectivity index (χ3v) is 2.68. The van der Waals surface area contributed by atoms with E-state index in [9.17, 15) is 4.79 Å². The number of anilines is 1. The van der Waals surface area contributed by atoms with E-state index >= 15 is 0 Å². The van der Waals surface area contributed by atoms with Crippen LogP contribution in [0, 0.1) is 0 Å². The molecule has 17 heavy (non-hydrogen) atoms. The maximum atomic E-state index is 10.9. The lowest BCUT2D eigenvalue weighted by Crippen LogP contribution is -2.17. The summed E-state index contributed by atoms with van der Waals surface area (Å²) in [5.41, 5.74) is 0.0264. The Balaban J connectivity index is 2.77. The number of carboxylic acids is 1. The number of carboxylic acid groups (broad SMARTS) is 1. The molecular weight excluding hydrogens is 244 g/mol. The molecule has 0 saturated carbocycles. The number of pyridine rings is 1. The number of aliphatic hydroxyl groups is 1. The Bertz CT molecular complexity index is 398. The average Bonchev–Trinajstić information content (AvgIpc) is 2.28. The lowest BCUT2D eigenvalue weighted by Gasteiger charge is -2.15. The van der Waals surface area contributed by atoms with Gasteiger partial charge in [0.25, 0.3) is 0 Å². The average molecular weight is 259 g/mol. The lowest BCUT2D eigenvalue weighted by molar-refractivity contribution is 0.0697. The number of halogens is 1.